The summed E-state index contributed by atoms with van der Waals surface area (Å²) >= 11 is 0. The van der Waals surface area contributed by atoms with Gasteiger partial charge in [0.25, 0.3) is 0 Å². The summed E-state index contributed by atoms with van der Waals surface area (Å²) < 4.78 is 51.9. The van der Waals surface area contributed by atoms with Crippen molar-refractivity contribution in [1.29, 1.82) is 0 Å². The molecule has 0 radical (unpaired) electrons. The normalized spacial score (nSPS) is 10.8. The maximum atomic E-state index is 12.4. The predicted molar refractivity (Wildman–Crippen MR) is 51.9 cm³/mol. The van der Waals surface area contributed by atoms with E-state index in [1.54, 1.807) is 6.92 Å². The Balaban J connectivity index is 0.00000106. The fourth-order valence-electron chi connectivity index (χ4n) is 0.785. The first kappa shape index (κ1) is 14.7. The van der Waals surface area contributed by atoms with Crippen LogP contribution in [0.15, 0.2) is 18.5 Å². The second-order valence-corrected chi connectivity index (χ2v) is 2.66. The number of hydrogen-bond acceptors (Lipinski definition) is 2. The molecule has 1 heterocycles. The molecule has 0 unspecified atom stereocenters. The number of aromatic nitrogens is 1. The quantitative estimate of drug-likeness (QED) is 0.751. The highest BCUT2D eigenvalue weighted by Crippen LogP contribution is 2.27. The molecule has 1 aromatic heterocycles. The van der Waals surface area contributed by atoms with Crippen molar-refractivity contribution in [2.24, 2.45) is 0 Å². The van der Waals surface area contributed by atoms with Crippen LogP contribution >= 0.6 is 0 Å². The monoisotopic (exact) mass is 239 g/mol. The molecule has 0 aliphatic carbocycles. The summed E-state index contributed by atoms with van der Waals surface area (Å²) in [5.41, 5.74) is 0.549. The first-order chi connectivity index (χ1) is 7.42. The highest BCUT2D eigenvalue weighted by atomic mass is 19.3. The zero-order valence-corrected chi connectivity index (χ0v) is 9.18. The van der Waals surface area contributed by atoms with Crippen LogP contribution in [0.5, 0.6) is 5.75 Å². The third kappa shape index (κ3) is 4.46. The molecule has 0 N–H and O–H groups in total. The largest absolute Gasteiger partial charge is 0.461 e. The number of hydrogen-bond donors (Lipinski definition) is 0. The molecule has 0 saturated heterocycles. The number of ether oxygens (including phenoxy) is 1. The molecule has 0 aliphatic rings. The predicted octanol–water partition coefficient (Wildman–Crippen LogP) is 3.65. The average molecular weight is 239 g/mol. The minimum absolute atomic E-state index is 0.379. The lowest BCUT2D eigenvalue weighted by Crippen LogP contribution is -2.33. The van der Waals surface area contributed by atoms with Gasteiger partial charge in [0.1, 0.15) is 5.75 Å². The van der Waals surface area contributed by atoms with Crippen LogP contribution in [-0.4, -0.2) is 17.5 Å². The van der Waals surface area contributed by atoms with Gasteiger partial charge in [-0.1, -0.05) is 13.8 Å². The number of pyridine rings is 1. The summed E-state index contributed by atoms with van der Waals surface area (Å²) in [6.45, 7) is 5.58. The van der Waals surface area contributed by atoms with E-state index in [1.165, 1.54) is 12.3 Å². The molecule has 92 valence electrons. The Bertz CT molecular complexity index is 317. The van der Waals surface area contributed by atoms with Gasteiger partial charge in [-0.25, -0.2) is 0 Å². The smallest absolute Gasteiger partial charge is 0.427 e. The lowest BCUT2D eigenvalue weighted by Gasteiger charge is -2.16. The number of rotatable bonds is 3. The maximum absolute atomic E-state index is 12.4. The first-order valence-electron chi connectivity index (χ1n) is 4.68. The van der Waals surface area contributed by atoms with Crippen LogP contribution < -0.4 is 4.74 Å². The van der Waals surface area contributed by atoms with Gasteiger partial charge in [-0.05, 0) is 18.6 Å². The highest BCUT2D eigenvalue weighted by molar-refractivity contribution is 5.22. The van der Waals surface area contributed by atoms with E-state index in [9.17, 15) is 17.6 Å². The fraction of sp³-hybridized carbons (Fsp3) is 0.500. The SMILES string of the molecule is CC.Cc1cncc(OC(F)(F)C(F)F)c1. The highest BCUT2D eigenvalue weighted by Gasteiger charge is 2.44. The third-order valence-electron chi connectivity index (χ3n) is 1.36. The Morgan fingerprint density at radius 3 is 2.25 bits per heavy atom. The van der Waals surface area contributed by atoms with Gasteiger partial charge in [-0.3, -0.25) is 4.98 Å². The van der Waals surface area contributed by atoms with Crippen LogP contribution in [0.3, 0.4) is 0 Å². The maximum Gasteiger partial charge on any atom is 0.461 e. The lowest BCUT2D eigenvalue weighted by atomic mass is 10.3. The van der Waals surface area contributed by atoms with E-state index in [-0.39, 0.29) is 5.75 Å². The minimum Gasteiger partial charge on any atom is -0.427 e. The van der Waals surface area contributed by atoms with Crippen molar-refractivity contribution in [3.05, 3.63) is 24.0 Å². The van der Waals surface area contributed by atoms with E-state index < -0.39 is 12.5 Å². The molecule has 0 atom stereocenters. The molecule has 0 spiro atoms. The Labute approximate surface area is 91.3 Å². The van der Waals surface area contributed by atoms with Gasteiger partial charge in [0.15, 0.2) is 0 Å². The fourth-order valence-corrected chi connectivity index (χ4v) is 0.785. The van der Waals surface area contributed by atoms with E-state index in [2.05, 4.69) is 9.72 Å². The Morgan fingerprint density at radius 2 is 1.81 bits per heavy atom. The third-order valence-corrected chi connectivity index (χ3v) is 1.36. The Hall–Kier alpha value is -1.33. The van der Waals surface area contributed by atoms with Crippen molar-refractivity contribution < 1.29 is 22.3 Å². The van der Waals surface area contributed by atoms with Crippen molar-refractivity contribution in [1.82, 2.24) is 4.98 Å². The van der Waals surface area contributed by atoms with Crippen molar-refractivity contribution in [2.75, 3.05) is 0 Å². The van der Waals surface area contributed by atoms with E-state index in [0.29, 0.717) is 5.56 Å². The summed E-state index contributed by atoms with van der Waals surface area (Å²) in [7, 11) is 0. The van der Waals surface area contributed by atoms with E-state index in [0.717, 1.165) is 6.20 Å². The summed E-state index contributed by atoms with van der Waals surface area (Å²) in [4.78, 5) is 3.52. The van der Waals surface area contributed by atoms with Crippen LogP contribution in [0.25, 0.3) is 0 Å². The summed E-state index contributed by atoms with van der Waals surface area (Å²) in [6, 6.07) is 1.20. The molecular formula is C10H13F4NO. The molecule has 0 saturated carbocycles. The molecule has 0 bridgehead atoms. The van der Waals surface area contributed by atoms with Gasteiger partial charge in [0.2, 0.25) is 0 Å². The summed E-state index contributed by atoms with van der Waals surface area (Å²) in [6.07, 6.45) is -5.99. The molecule has 1 aromatic rings. The molecule has 6 heteroatoms. The van der Waals surface area contributed by atoms with Gasteiger partial charge in [0.05, 0.1) is 6.20 Å². The Kier molecular flexibility index (Phi) is 5.77. The number of aryl methyl sites for hydroxylation is 1. The van der Waals surface area contributed by atoms with Crippen LogP contribution in [0.1, 0.15) is 19.4 Å². The molecular weight excluding hydrogens is 226 g/mol. The second-order valence-electron chi connectivity index (χ2n) is 2.66. The van der Waals surface area contributed by atoms with Crippen LogP contribution in [0.2, 0.25) is 0 Å². The van der Waals surface area contributed by atoms with Crippen LogP contribution in [-0.2, 0) is 0 Å². The van der Waals surface area contributed by atoms with Gasteiger partial charge in [-0.2, -0.15) is 17.6 Å². The number of alkyl halides is 4. The zero-order chi connectivity index (χ0) is 12.8. The first-order valence-corrected chi connectivity index (χ1v) is 4.68. The molecule has 0 fully saturated rings. The standard InChI is InChI=1S/C8H7F4NO.C2H6/c1-5-2-6(4-13-3-5)14-8(11,12)7(9)10;1-2/h2-4,7H,1H3;1-2H3. The number of halogens is 4. The second kappa shape index (κ2) is 6.30. The minimum atomic E-state index is -4.48. The molecule has 1 rings (SSSR count). The average Bonchev–Trinajstić information content (AvgIpc) is 2.19. The van der Waals surface area contributed by atoms with Gasteiger partial charge in [-0.15, -0.1) is 0 Å². The molecule has 0 aliphatic heterocycles. The van der Waals surface area contributed by atoms with E-state index >= 15 is 0 Å². The molecule has 0 amide bonds. The topological polar surface area (TPSA) is 22.1 Å². The van der Waals surface area contributed by atoms with Crippen molar-refractivity contribution in [3.8, 4) is 5.75 Å². The molecule has 0 aromatic carbocycles. The van der Waals surface area contributed by atoms with Gasteiger partial charge >= 0.3 is 12.5 Å². The molecule has 2 nitrogen and oxygen atoms in total. The molecule has 16 heavy (non-hydrogen) atoms. The summed E-state index contributed by atoms with van der Waals surface area (Å²) in [5, 5.41) is 0. The van der Waals surface area contributed by atoms with E-state index in [4.69, 9.17) is 0 Å². The van der Waals surface area contributed by atoms with Crippen LogP contribution in [0, 0.1) is 6.92 Å². The Morgan fingerprint density at radius 1 is 1.25 bits per heavy atom. The zero-order valence-electron chi connectivity index (χ0n) is 9.18. The van der Waals surface area contributed by atoms with Crippen molar-refractivity contribution in [2.45, 2.75) is 33.3 Å². The lowest BCUT2D eigenvalue weighted by molar-refractivity contribution is -0.253. The van der Waals surface area contributed by atoms with Gasteiger partial charge < -0.3 is 4.74 Å². The van der Waals surface area contributed by atoms with Crippen molar-refractivity contribution >= 4 is 0 Å². The number of nitrogens with zero attached hydrogens (tertiary/aromatic N) is 1. The van der Waals surface area contributed by atoms with E-state index in [1.807, 2.05) is 13.8 Å². The van der Waals surface area contributed by atoms with Gasteiger partial charge in [0, 0.05) is 6.20 Å². The van der Waals surface area contributed by atoms with Crippen molar-refractivity contribution in [3.63, 3.8) is 0 Å². The van der Waals surface area contributed by atoms with Crippen LogP contribution in [0.4, 0.5) is 17.6 Å². The summed E-state index contributed by atoms with van der Waals surface area (Å²) in [5.74, 6) is -0.379.